The SMILES string of the molecule is CC1C(C)C2C3C4CC(C)C35C(C4C)C1C25C. The smallest absolute Gasteiger partial charge is 0.0144 e. The molecule has 0 radical (unpaired) electrons. The van der Waals surface area contributed by atoms with Crippen LogP contribution in [0.1, 0.15) is 41.0 Å². The van der Waals surface area contributed by atoms with E-state index in [0.717, 1.165) is 64.1 Å². The summed E-state index contributed by atoms with van der Waals surface area (Å²) in [5.41, 5.74) is 1.62. The normalized spacial score (nSPS) is 82.1. The zero-order valence-corrected chi connectivity index (χ0v) is 11.9. The minimum Gasteiger partial charge on any atom is -0.0619 e. The highest BCUT2D eigenvalue weighted by Gasteiger charge is 2.94. The lowest BCUT2D eigenvalue weighted by Gasteiger charge is -2.79. The first-order valence-electron chi connectivity index (χ1n) is 7.99. The van der Waals surface area contributed by atoms with Crippen LogP contribution in [0.5, 0.6) is 0 Å². The zero-order valence-electron chi connectivity index (χ0n) is 11.9. The molecule has 0 N–H and O–H groups in total. The maximum absolute atomic E-state index is 2.70. The van der Waals surface area contributed by atoms with Gasteiger partial charge in [-0.25, -0.2) is 0 Å². The van der Waals surface area contributed by atoms with Crippen LogP contribution in [0.3, 0.4) is 0 Å². The van der Waals surface area contributed by atoms with Crippen molar-refractivity contribution in [2.24, 2.45) is 64.1 Å². The first-order valence-corrected chi connectivity index (χ1v) is 7.99. The van der Waals surface area contributed by atoms with Gasteiger partial charge in [0.2, 0.25) is 0 Å². The van der Waals surface area contributed by atoms with Crippen molar-refractivity contribution in [1.82, 2.24) is 0 Å². The summed E-state index contributed by atoms with van der Waals surface area (Å²) in [5.74, 6) is 9.76. The van der Waals surface area contributed by atoms with Crippen LogP contribution in [-0.4, -0.2) is 0 Å². The van der Waals surface area contributed by atoms with E-state index in [-0.39, 0.29) is 0 Å². The predicted molar refractivity (Wildman–Crippen MR) is 69.3 cm³/mol. The summed E-state index contributed by atoms with van der Waals surface area (Å²) in [7, 11) is 0. The summed E-state index contributed by atoms with van der Waals surface area (Å²) in [6.45, 7) is 13.1. The Labute approximate surface area is 106 Å². The fourth-order valence-electron chi connectivity index (χ4n) is 9.42. The van der Waals surface area contributed by atoms with E-state index in [1.54, 1.807) is 6.42 Å². The molecule has 5 fully saturated rings. The molecule has 0 nitrogen and oxygen atoms in total. The molecule has 0 amide bonds. The van der Waals surface area contributed by atoms with Crippen molar-refractivity contribution in [1.29, 1.82) is 0 Å². The first-order chi connectivity index (χ1) is 7.99. The number of hydrogen-bond acceptors (Lipinski definition) is 0. The third kappa shape index (κ3) is 0.558. The van der Waals surface area contributed by atoms with Gasteiger partial charge in [-0.1, -0.05) is 34.6 Å². The Morgan fingerprint density at radius 2 is 1.35 bits per heavy atom. The van der Waals surface area contributed by atoms with Crippen molar-refractivity contribution >= 4 is 0 Å². The number of rotatable bonds is 0. The van der Waals surface area contributed by atoms with E-state index in [1.807, 2.05) is 0 Å². The topological polar surface area (TPSA) is 0 Å². The highest BCUT2D eigenvalue weighted by Crippen LogP contribution is 2.98. The zero-order chi connectivity index (χ0) is 11.9. The molecule has 5 rings (SSSR count). The van der Waals surface area contributed by atoms with E-state index in [0.29, 0.717) is 0 Å². The van der Waals surface area contributed by atoms with Gasteiger partial charge in [-0.15, -0.1) is 0 Å². The Kier molecular flexibility index (Phi) is 1.31. The highest BCUT2D eigenvalue weighted by molar-refractivity contribution is 5.41. The molecule has 0 aliphatic heterocycles. The van der Waals surface area contributed by atoms with E-state index in [9.17, 15) is 0 Å². The Hall–Kier alpha value is 0. The molecule has 0 saturated heterocycles. The van der Waals surface area contributed by atoms with Gasteiger partial charge in [0.15, 0.2) is 0 Å². The second-order valence-corrected chi connectivity index (χ2v) is 8.70. The molecule has 5 saturated carbocycles. The highest BCUT2D eigenvalue weighted by atomic mass is 15.0. The summed E-state index contributed by atoms with van der Waals surface area (Å²) in [6, 6.07) is 0. The quantitative estimate of drug-likeness (QED) is 0.588. The molecule has 5 aliphatic rings. The van der Waals surface area contributed by atoms with E-state index in [2.05, 4.69) is 34.6 Å². The summed E-state index contributed by atoms with van der Waals surface area (Å²) in [4.78, 5) is 0. The second-order valence-electron chi connectivity index (χ2n) is 8.70. The molecular formula is C17H26. The Bertz CT molecular complexity index is 404. The van der Waals surface area contributed by atoms with Gasteiger partial charge in [-0.2, -0.15) is 0 Å². The molecule has 0 aromatic heterocycles. The number of hydrogen-bond donors (Lipinski definition) is 0. The van der Waals surface area contributed by atoms with Crippen molar-refractivity contribution in [2.45, 2.75) is 41.0 Å². The van der Waals surface area contributed by atoms with Gasteiger partial charge in [0, 0.05) is 0 Å². The fourth-order valence-corrected chi connectivity index (χ4v) is 9.42. The molecule has 11 unspecified atom stereocenters. The molecule has 94 valence electrons. The third-order valence-corrected chi connectivity index (χ3v) is 9.30. The van der Waals surface area contributed by atoms with Crippen LogP contribution < -0.4 is 0 Å². The molecule has 1 spiro atoms. The molecule has 0 aromatic carbocycles. The van der Waals surface area contributed by atoms with Crippen LogP contribution in [-0.2, 0) is 0 Å². The van der Waals surface area contributed by atoms with Gasteiger partial charge in [-0.3, -0.25) is 0 Å². The maximum atomic E-state index is 2.70. The van der Waals surface area contributed by atoms with Crippen molar-refractivity contribution in [3.63, 3.8) is 0 Å². The monoisotopic (exact) mass is 230 g/mol. The molecular weight excluding hydrogens is 204 g/mol. The lowest BCUT2D eigenvalue weighted by atomic mass is 9.25. The molecule has 0 heterocycles. The van der Waals surface area contributed by atoms with Gasteiger partial charge < -0.3 is 0 Å². The van der Waals surface area contributed by atoms with Crippen LogP contribution in [0.2, 0.25) is 0 Å². The summed E-state index contributed by atoms with van der Waals surface area (Å²) in [6.07, 6.45) is 1.57. The molecule has 0 aromatic rings. The predicted octanol–water partition coefficient (Wildman–Crippen LogP) is 4.06. The van der Waals surface area contributed by atoms with Gasteiger partial charge in [0.05, 0.1) is 0 Å². The summed E-state index contributed by atoms with van der Waals surface area (Å²) < 4.78 is 0. The van der Waals surface area contributed by atoms with Crippen molar-refractivity contribution in [2.75, 3.05) is 0 Å². The van der Waals surface area contributed by atoms with E-state index in [4.69, 9.17) is 0 Å². The first kappa shape index (κ1) is 9.87. The van der Waals surface area contributed by atoms with Crippen molar-refractivity contribution < 1.29 is 0 Å². The molecule has 2 bridgehead atoms. The average molecular weight is 230 g/mol. The van der Waals surface area contributed by atoms with Gasteiger partial charge >= 0.3 is 0 Å². The van der Waals surface area contributed by atoms with E-state index < -0.39 is 0 Å². The summed E-state index contributed by atoms with van der Waals surface area (Å²) in [5, 5.41) is 0. The Morgan fingerprint density at radius 3 is 2.00 bits per heavy atom. The molecule has 5 aliphatic carbocycles. The lowest BCUT2D eigenvalue weighted by Crippen LogP contribution is -2.76. The van der Waals surface area contributed by atoms with Crippen LogP contribution in [0.25, 0.3) is 0 Å². The minimum atomic E-state index is 0.778. The standard InChI is InChI=1S/C17H26/c1-7-6-11-10(4)14-12-8(2)9(3)13-15(11)17(7,14)16(12,13)5/h7-15H,6H2,1-5H3. The average Bonchev–Trinajstić information content (AvgIpc) is 2.63. The third-order valence-electron chi connectivity index (χ3n) is 9.30. The Morgan fingerprint density at radius 1 is 0.765 bits per heavy atom. The largest absolute Gasteiger partial charge is 0.0619 e. The maximum Gasteiger partial charge on any atom is -0.0144 e. The summed E-state index contributed by atoms with van der Waals surface area (Å²) >= 11 is 0. The second kappa shape index (κ2) is 2.25. The van der Waals surface area contributed by atoms with Crippen LogP contribution in [0.4, 0.5) is 0 Å². The number of fused-ring (bicyclic) bond motifs is 1. The Balaban J connectivity index is 1.76. The van der Waals surface area contributed by atoms with Crippen LogP contribution >= 0.6 is 0 Å². The van der Waals surface area contributed by atoms with E-state index >= 15 is 0 Å². The van der Waals surface area contributed by atoms with Gasteiger partial charge in [-0.05, 0) is 70.5 Å². The van der Waals surface area contributed by atoms with Crippen molar-refractivity contribution in [3.8, 4) is 0 Å². The van der Waals surface area contributed by atoms with E-state index in [1.165, 1.54) is 0 Å². The van der Waals surface area contributed by atoms with Crippen LogP contribution in [0.15, 0.2) is 0 Å². The minimum absolute atomic E-state index is 0.778. The lowest BCUT2D eigenvalue weighted by molar-refractivity contribution is -0.326. The fraction of sp³-hybridized carbons (Fsp3) is 1.00. The van der Waals surface area contributed by atoms with Crippen molar-refractivity contribution in [3.05, 3.63) is 0 Å². The van der Waals surface area contributed by atoms with Crippen LogP contribution in [0, 0.1) is 64.1 Å². The molecule has 11 atom stereocenters. The van der Waals surface area contributed by atoms with Gasteiger partial charge in [0.1, 0.15) is 0 Å². The van der Waals surface area contributed by atoms with Gasteiger partial charge in [0.25, 0.3) is 0 Å². The molecule has 0 heteroatoms. The molecule has 17 heavy (non-hydrogen) atoms.